The average Bonchev–Trinajstić information content (AvgIpc) is 2.68. The molecule has 0 aliphatic carbocycles. The van der Waals surface area contributed by atoms with Gasteiger partial charge in [0.25, 0.3) is 5.54 Å². The number of hydrogen-bond donors (Lipinski definition) is 0. The van der Waals surface area contributed by atoms with E-state index in [2.05, 4.69) is 12.3 Å². The fraction of sp³-hybridized carbons (Fsp3) is 0.308. The van der Waals surface area contributed by atoms with Crippen molar-refractivity contribution < 1.29 is 9.66 Å². The molecular formula is C13H13NO3. The Morgan fingerprint density at radius 2 is 2.18 bits per heavy atom. The summed E-state index contributed by atoms with van der Waals surface area (Å²) in [5, 5.41) is 11.3. The van der Waals surface area contributed by atoms with Crippen molar-refractivity contribution in [2.75, 3.05) is 6.61 Å². The molecule has 1 heterocycles. The summed E-state index contributed by atoms with van der Waals surface area (Å²) in [6.45, 7) is 5.27. The third-order valence-electron chi connectivity index (χ3n) is 3.21. The van der Waals surface area contributed by atoms with Crippen LogP contribution in [0, 0.1) is 10.1 Å². The summed E-state index contributed by atoms with van der Waals surface area (Å²) >= 11 is 0. The lowest BCUT2D eigenvalue weighted by Gasteiger charge is -2.22. The molecule has 4 nitrogen and oxygen atoms in total. The van der Waals surface area contributed by atoms with Gasteiger partial charge in [-0.05, 0) is 5.56 Å². The second-order valence-electron chi connectivity index (χ2n) is 4.16. The van der Waals surface area contributed by atoms with Crippen LogP contribution in [0.4, 0.5) is 0 Å². The van der Waals surface area contributed by atoms with Gasteiger partial charge in [0.2, 0.25) is 0 Å². The molecule has 0 saturated carbocycles. The van der Waals surface area contributed by atoms with Crippen molar-refractivity contribution in [3.05, 3.63) is 63.9 Å². The number of rotatable bonds is 2. The van der Waals surface area contributed by atoms with Gasteiger partial charge in [0.05, 0.1) is 12.2 Å². The van der Waals surface area contributed by atoms with E-state index < -0.39 is 11.6 Å². The van der Waals surface area contributed by atoms with Crippen molar-refractivity contribution in [3.63, 3.8) is 0 Å². The molecular weight excluding hydrogens is 218 g/mol. The smallest absolute Gasteiger partial charge is 0.279 e. The molecule has 0 bridgehead atoms. The highest BCUT2D eigenvalue weighted by Gasteiger charge is 2.55. The molecule has 0 unspecified atom stereocenters. The van der Waals surface area contributed by atoms with Crippen LogP contribution >= 0.6 is 0 Å². The lowest BCUT2D eigenvalue weighted by atomic mass is 9.86. The van der Waals surface area contributed by atoms with E-state index in [-0.39, 0.29) is 11.5 Å². The Morgan fingerprint density at radius 1 is 1.53 bits per heavy atom. The van der Waals surface area contributed by atoms with Gasteiger partial charge in [-0.3, -0.25) is 10.1 Å². The highest BCUT2D eigenvalue weighted by molar-refractivity contribution is 5.30. The van der Waals surface area contributed by atoms with E-state index in [1.54, 1.807) is 6.92 Å². The van der Waals surface area contributed by atoms with Gasteiger partial charge in [0.15, 0.2) is 6.10 Å². The first-order chi connectivity index (χ1) is 8.10. The van der Waals surface area contributed by atoms with Gasteiger partial charge in [-0.15, -0.1) is 5.73 Å². The first-order valence-corrected chi connectivity index (χ1v) is 5.31. The molecule has 0 spiro atoms. The topological polar surface area (TPSA) is 52.4 Å². The summed E-state index contributed by atoms with van der Waals surface area (Å²) in [6.07, 6.45) is -0.581. The minimum atomic E-state index is -1.27. The zero-order valence-corrected chi connectivity index (χ0v) is 9.55. The zero-order chi connectivity index (χ0) is 12.5. The summed E-state index contributed by atoms with van der Waals surface area (Å²) in [5.41, 5.74) is 2.66. The largest absolute Gasteiger partial charge is 0.360 e. The molecule has 1 fully saturated rings. The number of nitrogens with zero attached hydrogens (tertiary/aromatic N) is 1. The number of ether oxygens (including phenoxy) is 1. The Labute approximate surface area is 99.4 Å². The Bertz CT molecular complexity index is 491. The molecule has 0 N–H and O–H groups in total. The van der Waals surface area contributed by atoms with E-state index >= 15 is 0 Å². The molecule has 0 aromatic heterocycles. The van der Waals surface area contributed by atoms with Crippen molar-refractivity contribution in [2.45, 2.75) is 18.6 Å². The molecule has 1 aromatic rings. The van der Waals surface area contributed by atoms with Crippen LogP contribution < -0.4 is 0 Å². The van der Waals surface area contributed by atoms with Gasteiger partial charge in [-0.25, -0.2) is 0 Å². The Morgan fingerprint density at radius 3 is 2.71 bits per heavy atom. The van der Waals surface area contributed by atoms with Crippen LogP contribution in [0.1, 0.15) is 18.6 Å². The third-order valence-corrected chi connectivity index (χ3v) is 3.21. The van der Waals surface area contributed by atoms with Crippen LogP contribution in [0.25, 0.3) is 0 Å². The monoisotopic (exact) mass is 231 g/mol. The van der Waals surface area contributed by atoms with Crippen LogP contribution in [-0.4, -0.2) is 17.1 Å². The molecule has 17 heavy (non-hydrogen) atoms. The fourth-order valence-corrected chi connectivity index (χ4v) is 2.12. The van der Waals surface area contributed by atoms with Gasteiger partial charge in [0, 0.05) is 11.8 Å². The Balaban J connectivity index is 2.50. The summed E-state index contributed by atoms with van der Waals surface area (Å²) in [7, 11) is 0. The van der Waals surface area contributed by atoms with Crippen LogP contribution in [0.3, 0.4) is 0 Å². The van der Waals surface area contributed by atoms with E-state index in [1.807, 2.05) is 30.3 Å². The molecule has 1 aliphatic heterocycles. The minimum absolute atomic E-state index is 0.209. The minimum Gasteiger partial charge on any atom is -0.360 e. The quantitative estimate of drug-likeness (QED) is 0.446. The summed E-state index contributed by atoms with van der Waals surface area (Å²) < 4.78 is 5.54. The maximum atomic E-state index is 11.3. The number of nitro groups is 1. The first kappa shape index (κ1) is 11.6. The van der Waals surface area contributed by atoms with Crippen LogP contribution in [0.2, 0.25) is 0 Å². The van der Waals surface area contributed by atoms with Crippen LogP contribution in [0.5, 0.6) is 0 Å². The number of hydrogen-bond acceptors (Lipinski definition) is 3. The molecule has 1 aromatic carbocycles. The lowest BCUT2D eigenvalue weighted by molar-refractivity contribution is -0.561. The maximum Gasteiger partial charge on any atom is 0.279 e. The fourth-order valence-electron chi connectivity index (χ4n) is 2.12. The molecule has 0 amide bonds. The van der Waals surface area contributed by atoms with Gasteiger partial charge in [0.1, 0.15) is 0 Å². The van der Waals surface area contributed by atoms with Crippen molar-refractivity contribution in [3.8, 4) is 0 Å². The maximum absolute atomic E-state index is 11.3. The zero-order valence-electron chi connectivity index (χ0n) is 9.55. The van der Waals surface area contributed by atoms with Gasteiger partial charge in [-0.2, -0.15) is 0 Å². The van der Waals surface area contributed by atoms with E-state index in [4.69, 9.17) is 4.74 Å². The van der Waals surface area contributed by atoms with Gasteiger partial charge < -0.3 is 4.74 Å². The third kappa shape index (κ3) is 1.68. The summed E-state index contributed by atoms with van der Waals surface area (Å²) in [5.74, 6) is 0. The van der Waals surface area contributed by atoms with Crippen molar-refractivity contribution >= 4 is 0 Å². The van der Waals surface area contributed by atoms with Crippen molar-refractivity contribution in [2.24, 2.45) is 0 Å². The molecule has 1 saturated heterocycles. The van der Waals surface area contributed by atoms with Crippen LogP contribution in [0.15, 0.2) is 48.2 Å². The molecule has 4 heteroatoms. The van der Waals surface area contributed by atoms with E-state index in [0.29, 0.717) is 5.57 Å². The predicted molar refractivity (Wildman–Crippen MR) is 63.2 cm³/mol. The van der Waals surface area contributed by atoms with E-state index in [1.165, 1.54) is 0 Å². The lowest BCUT2D eigenvalue weighted by Crippen LogP contribution is -2.39. The van der Waals surface area contributed by atoms with Gasteiger partial charge >= 0.3 is 0 Å². The molecule has 0 radical (unpaired) electrons. The van der Waals surface area contributed by atoms with Crippen LogP contribution in [-0.2, 0) is 4.74 Å². The summed E-state index contributed by atoms with van der Waals surface area (Å²) in [6, 6.07) is 9.21. The van der Waals surface area contributed by atoms with Crippen molar-refractivity contribution in [1.82, 2.24) is 0 Å². The Kier molecular flexibility index (Phi) is 2.84. The molecule has 88 valence electrons. The van der Waals surface area contributed by atoms with E-state index in [9.17, 15) is 10.1 Å². The summed E-state index contributed by atoms with van der Waals surface area (Å²) in [4.78, 5) is 11.0. The number of benzene rings is 1. The molecule has 1 aliphatic rings. The second-order valence-corrected chi connectivity index (χ2v) is 4.16. The molecule has 2 atom stereocenters. The first-order valence-electron chi connectivity index (χ1n) is 5.31. The SMILES string of the molecule is C=C=C1CO[C@@H](c2ccccc2)[C@]1(C)[N+](=O)[O-]. The van der Waals surface area contributed by atoms with E-state index in [0.717, 1.165) is 5.56 Å². The normalized spacial score (nSPS) is 27.8. The average molecular weight is 231 g/mol. The second kappa shape index (κ2) is 4.17. The highest BCUT2D eigenvalue weighted by Crippen LogP contribution is 2.42. The van der Waals surface area contributed by atoms with Gasteiger partial charge in [-0.1, -0.05) is 36.9 Å². The predicted octanol–water partition coefficient (Wildman–Crippen LogP) is 2.50. The standard InChI is InChI=1S/C13H13NO3/c1-3-11-9-17-12(13(11,2)14(15)16)10-7-5-4-6-8-10/h4-8,12H,1,9H2,2H3/t12-,13+/m0/s1. The Hall–Kier alpha value is -1.90. The van der Waals surface area contributed by atoms with Crippen molar-refractivity contribution in [1.29, 1.82) is 0 Å². The highest BCUT2D eigenvalue weighted by atomic mass is 16.6. The molecule has 2 rings (SSSR count).